The summed E-state index contributed by atoms with van der Waals surface area (Å²) in [7, 11) is 0. The molecule has 7 nitrogen and oxygen atoms in total. The van der Waals surface area contributed by atoms with Crippen molar-refractivity contribution in [2.24, 2.45) is 0 Å². The number of aromatic nitrogens is 4. The molecule has 2 heterocycles. The Bertz CT molecular complexity index is 643. The Kier molecular flexibility index (Phi) is 4.50. The highest BCUT2D eigenvalue weighted by molar-refractivity contribution is 5.05. The van der Waals surface area contributed by atoms with Gasteiger partial charge in [-0.25, -0.2) is 4.68 Å². The predicted molar refractivity (Wildman–Crippen MR) is 84.6 cm³/mol. The molecule has 7 heteroatoms. The van der Waals surface area contributed by atoms with Gasteiger partial charge < -0.3 is 14.9 Å². The minimum absolute atomic E-state index is 0.250. The Morgan fingerprint density at radius 2 is 2.17 bits per heavy atom. The first kappa shape index (κ1) is 16.1. The van der Waals surface area contributed by atoms with E-state index in [0.29, 0.717) is 18.3 Å². The first-order chi connectivity index (χ1) is 10.9. The van der Waals surface area contributed by atoms with Crippen LogP contribution < -0.4 is 5.32 Å². The Balaban J connectivity index is 1.69. The molecule has 126 valence electrons. The summed E-state index contributed by atoms with van der Waals surface area (Å²) in [6.45, 7) is 6.04. The molecular weight excluding hydrogens is 294 g/mol. The van der Waals surface area contributed by atoms with Crippen LogP contribution in [-0.2, 0) is 12.1 Å². The van der Waals surface area contributed by atoms with Gasteiger partial charge in [-0.2, -0.15) is 0 Å². The van der Waals surface area contributed by atoms with Crippen LogP contribution in [0.15, 0.2) is 16.8 Å². The second kappa shape index (κ2) is 6.41. The van der Waals surface area contributed by atoms with E-state index in [1.54, 1.807) is 13.8 Å². The van der Waals surface area contributed by atoms with Crippen molar-refractivity contribution in [2.45, 2.75) is 70.7 Å². The lowest BCUT2D eigenvalue weighted by molar-refractivity contribution is 0.0736. The van der Waals surface area contributed by atoms with Crippen molar-refractivity contribution >= 4 is 0 Å². The van der Waals surface area contributed by atoms with Crippen LogP contribution in [0.1, 0.15) is 62.7 Å². The van der Waals surface area contributed by atoms with E-state index in [9.17, 15) is 5.11 Å². The third-order valence-corrected chi connectivity index (χ3v) is 4.43. The maximum absolute atomic E-state index is 10.1. The quantitative estimate of drug-likeness (QED) is 0.877. The summed E-state index contributed by atoms with van der Waals surface area (Å²) in [6.07, 6.45) is 6.41. The SMILES string of the molecule is Cc1cc(CN[C@H]2CCCC[C@H]2n2cc(C(C)(C)O)nn2)no1. The van der Waals surface area contributed by atoms with E-state index >= 15 is 0 Å². The van der Waals surface area contributed by atoms with Gasteiger partial charge in [-0.3, -0.25) is 0 Å². The molecule has 2 atom stereocenters. The molecule has 1 aliphatic rings. The van der Waals surface area contributed by atoms with E-state index in [1.807, 2.05) is 23.9 Å². The van der Waals surface area contributed by atoms with Crippen molar-refractivity contribution in [1.29, 1.82) is 0 Å². The van der Waals surface area contributed by atoms with Gasteiger partial charge in [0.2, 0.25) is 0 Å². The van der Waals surface area contributed by atoms with Crippen LogP contribution in [0.5, 0.6) is 0 Å². The normalized spacial score (nSPS) is 22.4. The van der Waals surface area contributed by atoms with Gasteiger partial charge in [0.05, 0.1) is 17.9 Å². The van der Waals surface area contributed by atoms with Crippen molar-refractivity contribution in [3.8, 4) is 0 Å². The van der Waals surface area contributed by atoms with E-state index in [1.165, 1.54) is 12.8 Å². The second-order valence-corrected chi connectivity index (χ2v) is 6.91. The summed E-state index contributed by atoms with van der Waals surface area (Å²) in [4.78, 5) is 0. The van der Waals surface area contributed by atoms with Crippen LogP contribution in [0, 0.1) is 6.92 Å². The summed E-state index contributed by atoms with van der Waals surface area (Å²) in [5, 5.41) is 26.0. The zero-order valence-electron chi connectivity index (χ0n) is 14.0. The van der Waals surface area contributed by atoms with Gasteiger partial charge in [-0.15, -0.1) is 5.10 Å². The number of hydrogen-bond acceptors (Lipinski definition) is 6. The molecule has 2 aromatic rings. The highest BCUT2D eigenvalue weighted by Crippen LogP contribution is 2.29. The molecule has 1 aliphatic carbocycles. The lowest BCUT2D eigenvalue weighted by Crippen LogP contribution is -2.39. The highest BCUT2D eigenvalue weighted by atomic mass is 16.5. The third-order valence-electron chi connectivity index (χ3n) is 4.43. The fourth-order valence-corrected chi connectivity index (χ4v) is 3.12. The molecule has 1 fully saturated rings. The number of nitrogens with one attached hydrogen (secondary N) is 1. The Morgan fingerprint density at radius 1 is 1.39 bits per heavy atom. The summed E-state index contributed by atoms with van der Waals surface area (Å²) < 4.78 is 7.01. The molecule has 2 N–H and O–H groups in total. The Labute approximate surface area is 136 Å². The highest BCUT2D eigenvalue weighted by Gasteiger charge is 2.29. The standard InChI is InChI=1S/C16H25N5O2/c1-11-8-12(19-23-11)9-17-13-6-4-5-7-14(13)21-10-15(18-20-21)16(2,3)22/h8,10,13-14,17,22H,4-7,9H2,1-3H3/t13-,14+/m0/s1. The molecule has 0 radical (unpaired) electrons. The van der Waals surface area contributed by atoms with Crippen molar-refractivity contribution in [3.05, 3.63) is 29.4 Å². The van der Waals surface area contributed by atoms with Crippen molar-refractivity contribution in [2.75, 3.05) is 0 Å². The average Bonchev–Trinajstić information content (AvgIpc) is 3.14. The fraction of sp³-hybridized carbons (Fsp3) is 0.688. The van der Waals surface area contributed by atoms with Gasteiger partial charge in [0.15, 0.2) is 0 Å². The molecule has 0 saturated heterocycles. The molecule has 0 unspecified atom stereocenters. The van der Waals surface area contributed by atoms with E-state index < -0.39 is 5.60 Å². The minimum atomic E-state index is -0.964. The van der Waals surface area contributed by atoms with E-state index in [4.69, 9.17) is 4.52 Å². The van der Waals surface area contributed by atoms with Gasteiger partial charge in [0.1, 0.15) is 17.1 Å². The van der Waals surface area contributed by atoms with Gasteiger partial charge in [0, 0.05) is 18.7 Å². The molecule has 0 aromatic carbocycles. The zero-order valence-corrected chi connectivity index (χ0v) is 14.0. The first-order valence-corrected chi connectivity index (χ1v) is 8.24. The maximum Gasteiger partial charge on any atom is 0.133 e. The Morgan fingerprint density at radius 3 is 2.83 bits per heavy atom. The lowest BCUT2D eigenvalue weighted by Gasteiger charge is -2.32. The maximum atomic E-state index is 10.1. The van der Waals surface area contributed by atoms with Crippen molar-refractivity contribution in [1.82, 2.24) is 25.5 Å². The van der Waals surface area contributed by atoms with Gasteiger partial charge in [0.25, 0.3) is 0 Å². The van der Waals surface area contributed by atoms with Crippen LogP contribution in [0.25, 0.3) is 0 Å². The fourth-order valence-electron chi connectivity index (χ4n) is 3.12. The minimum Gasteiger partial charge on any atom is -0.384 e. The summed E-state index contributed by atoms with van der Waals surface area (Å²) >= 11 is 0. The van der Waals surface area contributed by atoms with E-state index in [0.717, 1.165) is 24.3 Å². The number of rotatable bonds is 5. The van der Waals surface area contributed by atoms with E-state index in [2.05, 4.69) is 20.8 Å². The third kappa shape index (κ3) is 3.79. The number of hydrogen-bond donors (Lipinski definition) is 2. The van der Waals surface area contributed by atoms with Crippen LogP contribution in [0.4, 0.5) is 0 Å². The molecule has 3 rings (SSSR count). The van der Waals surface area contributed by atoms with Crippen LogP contribution in [0.2, 0.25) is 0 Å². The Hall–Kier alpha value is -1.73. The molecule has 0 bridgehead atoms. The topological polar surface area (TPSA) is 89.0 Å². The summed E-state index contributed by atoms with van der Waals surface area (Å²) in [5.41, 5.74) is 0.560. The van der Waals surface area contributed by atoms with Crippen molar-refractivity contribution in [3.63, 3.8) is 0 Å². The van der Waals surface area contributed by atoms with Gasteiger partial charge >= 0.3 is 0 Å². The summed E-state index contributed by atoms with van der Waals surface area (Å²) in [6, 6.07) is 2.52. The number of aryl methyl sites for hydroxylation is 1. The molecule has 2 aromatic heterocycles. The number of nitrogens with zero attached hydrogens (tertiary/aromatic N) is 4. The summed E-state index contributed by atoms with van der Waals surface area (Å²) in [5.74, 6) is 0.827. The molecule has 0 amide bonds. The average molecular weight is 319 g/mol. The predicted octanol–water partition coefficient (Wildman–Crippen LogP) is 2.08. The molecule has 0 spiro atoms. The van der Waals surface area contributed by atoms with Gasteiger partial charge in [-0.1, -0.05) is 23.2 Å². The van der Waals surface area contributed by atoms with Crippen LogP contribution in [-0.4, -0.2) is 31.3 Å². The number of aliphatic hydroxyl groups is 1. The molecular formula is C16H25N5O2. The van der Waals surface area contributed by atoms with Crippen LogP contribution in [0.3, 0.4) is 0 Å². The zero-order chi connectivity index (χ0) is 16.4. The first-order valence-electron chi connectivity index (χ1n) is 8.24. The van der Waals surface area contributed by atoms with Crippen molar-refractivity contribution < 1.29 is 9.63 Å². The molecule has 23 heavy (non-hydrogen) atoms. The van der Waals surface area contributed by atoms with Crippen LogP contribution >= 0.6 is 0 Å². The monoisotopic (exact) mass is 319 g/mol. The van der Waals surface area contributed by atoms with Gasteiger partial charge in [-0.05, 0) is 33.6 Å². The molecule has 0 aliphatic heterocycles. The molecule has 1 saturated carbocycles. The largest absolute Gasteiger partial charge is 0.384 e. The smallest absolute Gasteiger partial charge is 0.133 e. The lowest BCUT2D eigenvalue weighted by atomic mass is 9.90. The van der Waals surface area contributed by atoms with E-state index in [-0.39, 0.29) is 6.04 Å². The second-order valence-electron chi connectivity index (χ2n) is 6.91.